The molecular weight excluding hydrogens is 482 g/mol. The number of anilines is 1. The minimum atomic E-state index is -1.62. The van der Waals surface area contributed by atoms with Crippen molar-refractivity contribution in [2.45, 2.75) is 38.6 Å². The minimum Gasteiger partial charge on any atom is -0.462 e. The summed E-state index contributed by atoms with van der Waals surface area (Å²) in [5.74, 6) is -2.74. The van der Waals surface area contributed by atoms with E-state index in [4.69, 9.17) is 9.47 Å². The fourth-order valence-corrected chi connectivity index (χ4v) is 4.51. The number of thioether (sulfide) groups is 1. The van der Waals surface area contributed by atoms with Gasteiger partial charge in [0.2, 0.25) is 0 Å². The van der Waals surface area contributed by atoms with E-state index in [1.54, 1.807) is 27.0 Å². The van der Waals surface area contributed by atoms with E-state index in [0.717, 1.165) is 11.3 Å². The van der Waals surface area contributed by atoms with E-state index < -0.39 is 17.7 Å². The molecule has 0 saturated heterocycles. The van der Waals surface area contributed by atoms with Crippen LogP contribution in [0.4, 0.5) is 5.00 Å². The van der Waals surface area contributed by atoms with Crippen LogP contribution in [0.1, 0.15) is 52.1 Å². The number of carbonyl (C=O) groups excluding carboxylic acids is 2. The molecule has 11 heteroatoms. The number of hydrogen-bond acceptors (Lipinski definition) is 9. The number of hydrogen-bond donors (Lipinski definition) is 2. The summed E-state index contributed by atoms with van der Waals surface area (Å²) >= 11 is 5.63. The zero-order valence-corrected chi connectivity index (χ0v) is 19.9. The molecule has 0 aliphatic heterocycles. The summed E-state index contributed by atoms with van der Waals surface area (Å²) in [6.07, 6.45) is 3.29. The van der Waals surface area contributed by atoms with Crippen LogP contribution in [0.25, 0.3) is 0 Å². The van der Waals surface area contributed by atoms with Crippen molar-refractivity contribution in [1.29, 1.82) is 0 Å². The van der Waals surface area contributed by atoms with Gasteiger partial charge in [0.15, 0.2) is 10.9 Å². The first-order valence-corrected chi connectivity index (χ1v) is 11.5. The zero-order chi connectivity index (χ0) is 21.8. The lowest BCUT2D eigenvalue weighted by atomic mass is 10.1. The molecule has 158 valence electrons. The Morgan fingerprint density at radius 2 is 2.07 bits per heavy atom. The van der Waals surface area contributed by atoms with Crippen molar-refractivity contribution in [2.24, 2.45) is 0 Å². The Kier molecular flexibility index (Phi) is 8.18. The lowest BCUT2D eigenvalue weighted by Gasteiger charge is -2.22. The number of nitrogens with one attached hydrogen (secondary N) is 1. The summed E-state index contributed by atoms with van der Waals surface area (Å²) in [6, 6.07) is 0. The van der Waals surface area contributed by atoms with Crippen molar-refractivity contribution < 1.29 is 24.2 Å². The van der Waals surface area contributed by atoms with Gasteiger partial charge in [0.05, 0.1) is 21.5 Å². The maximum absolute atomic E-state index is 12.9. The fraction of sp³-hybridized carbons (Fsp3) is 0.444. The monoisotopic (exact) mass is 503 g/mol. The lowest BCUT2D eigenvalue weighted by Crippen LogP contribution is -2.25. The van der Waals surface area contributed by atoms with Crippen LogP contribution in [-0.4, -0.2) is 46.4 Å². The first kappa shape index (κ1) is 23.7. The highest BCUT2D eigenvalue weighted by Gasteiger charge is 2.34. The fourth-order valence-electron chi connectivity index (χ4n) is 2.61. The highest BCUT2D eigenvalue weighted by atomic mass is 79.9. The van der Waals surface area contributed by atoms with Crippen molar-refractivity contribution in [3.8, 4) is 0 Å². The Bertz CT molecular complexity index is 917. The predicted molar refractivity (Wildman–Crippen MR) is 116 cm³/mol. The van der Waals surface area contributed by atoms with Gasteiger partial charge in [-0.25, -0.2) is 14.8 Å². The normalized spacial score (nSPS) is 13.1. The molecule has 0 aliphatic rings. The van der Waals surface area contributed by atoms with Gasteiger partial charge in [0.1, 0.15) is 10.7 Å². The third-order valence-electron chi connectivity index (χ3n) is 3.82. The van der Waals surface area contributed by atoms with Gasteiger partial charge in [-0.05, 0) is 55.4 Å². The van der Waals surface area contributed by atoms with E-state index in [-0.39, 0.29) is 29.5 Å². The summed E-state index contributed by atoms with van der Waals surface area (Å²) in [5, 5.41) is 14.1. The number of nitrogens with zero attached hydrogens (tertiary/aromatic N) is 2. The van der Waals surface area contributed by atoms with E-state index in [9.17, 15) is 14.7 Å². The van der Waals surface area contributed by atoms with Crippen molar-refractivity contribution in [1.82, 2.24) is 9.97 Å². The smallest absolute Gasteiger partial charge is 0.341 e. The molecule has 1 amide bonds. The van der Waals surface area contributed by atoms with Gasteiger partial charge in [-0.15, -0.1) is 11.3 Å². The molecule has 2 rings (SSSR count). The Hall–Kier alpha value is -1.53. The van der Waals surface area contributed by atoms with E-state index in [1.807, 2.05) is 0 Å². The molecule has 2 N–H and O–H groups in total. The van der Waals surface area contributed by atoms with Crippen molar-refractivity contribution in [2.75, 3.05) is 24.8 Å². The number of ether oxygens (including phenoxy) is 2. The molecule has 29 heavy (non-hydrogen) atoms. The zero-order valence-electron chi connectivity index (χ0n) is 16.7. The number of thiophene rings is 1. The molecular formula is C18H22BrN3O5S2. The average Bonchev–Trinajstić information content (AvgIpc) is 2.99. The second kappa shape index (κ2) is 9.98. The highest BCUT2D eigenvalue weighted by molar-refractivity contribution is 9.10. The van der Waals surface area contributed by atoms with Crippen LogP contribution < -0.4 is 5.32 Å². The highest BCUT2D eigenvalue weighted by Crippen LogP contribution is 2.40. The number of amides is 1. The summed E-state index contributed by atoms with van der Waals surface area (Å²) in [7, 11) is 0. The van der Waals surface area contributed by atoms with E-state index in [2.05, 4.69) is 31.2 Å². The molecule has 0 bridgehead atoms. The molecule has 0 saturated carbocycles. The number of halogens is 1. The van der Waals surface area contributed by atoms with Crippen LogP contribution >= 0.6 is 39.0 Å². The largest absolute Gasteiger partial charge is 0.462 e. The average molecular weight is 504 g/mol. The van der Waals surface area contributed by atoms with Gasteiger partial charge < -0.3 is 19.9 Å². The maximum atomic E-state index is 12.9. The molecule has 0 aromatic carbocycles. The van der Waals surface area contributed by atoms with Crippen LogP contribution in [0.5, 0.6) is 0 Å². The molecule has 2 aromatic rings. The molecule has 2 aromatic heterocycles. The number of carbonyl (C=O) groups is 2. The minimum absolute atomic E-state index is 0.128. The van der Waals surface area contributed by atoms with Gasteiger partial charge in [0, 0.05) is 12.8 Å². The summed E-state index contributed by atoms with van der Waals surface area (Å²) in [4.78, 5) is 34.1. The van der Waals surface area contributed by atoms with Crippen LogP contribution in [0, 0.1) is 6.92 Å². The summed E-state index contributed by atoms with van der Waals surface area (Å²) in [5.41, 5.74) is 0.785. The second-order valence-corrected chi connectivity index (χ2v) is 8.55. The first-order valence-electron chi connectivity index (χ1n) is 8.71. The van der Waals surface area contributed by atoms with Gasteiger partial charge in [-0.1, -0.05) is 11.8 Å². The Morgan fingerprint density at radius 1 is 1.38 bits per heavy atom. The van der Waals surface area contributed by atoms with E-state index in [0.29, 0.717) is 20.1 Å². The molecule has 2 heterocycles. The van der Waals surface area contributed by atoms with Crippen LogP contribution in [-0.2, 0) is 15.3 Å². The molecule has 1 atom stereocenters. The van der Waals surface area contributed by atoms with E-state index in [1.165, 1.54) is 24.9 Å². The number of esters is 1. The van der Waals surface area contributed by atoms with Crippen LogP contribution in [0.3, 0.4) is 0 Å². The van der Waals surface area contributed by atoms with Crippen molar-refractivity contribution in [3.05, 3.63) is 32.4 Å². The summed E-state index contributed by atoms with van der Waals surface area (Å²) < 4.78 is 11.0. The predicted octanol–water partition coefficient (Wildman–Crippen LogP) is 3.96. The molecule has 0 radical (unpaired) electrons. The third-order valence-corrected chi connectivity index (χ3v) is 6.36. The van der Waals surface area contributed by atoms with Gasteiger partial charge in [0.25, 0.3) is 5.91 Å². The van der Waals surface area contributed by atoms with Gasteiger partial charge >= 0.3 is 5.97 Å². The Labute approximate surface area is 185 Å². The second-order valence-electron chi connectivity index (χ2n) is 5.90. The first-order chi connectivity index (χ1) is 13.7. The summed E-state index contributed by atoms with van der Waals surface area (Å²) in [6.45, 7) is 7.05. The Balaban J connectivity index is 2.50. The number of rotatable bonds is 8. The third kappa shape index (κ3) is 5.34. The lowest BCUT2D eigenvalue weighted by molar-refractivity contribution is -0.193. The molecule has 0 aliphatic carbocycles. The van der Waals surface area contributed by atoms with Crippen LogP contribution in [0.15, 0.2) is 15.8 Å². The van der Waals surface area contributed by atoms with E-state index >= 15 is 0 Å². The molecule has 0 spiro atoms. The Morgan fingerprint density at radius 3 is 2.66 bits per heavy atom. The SMILES string of the molecule is CCOC(=O)c1c(NC(=O)c2nc(SC)ncc2Br)sc(C(C)(O)OCC)c1C. The quantitative estimate of drug-likeness (QED) is 0.241. The topological polar surface area (TPSA) is 111 Å². The maximum Gasteiger partial charge on any atom is 0.341 e. The molecule has 1 unspecified atom stereocenters. The van der Waals surface area contributed by atoms with Crippen molar-refractivity contribution in [3.63, 3.8) is 0 Å². The van der Waals surface area contributed by atoms with Crippen LogP contribution in [0.2, 0.25) is 0 Å². The van der Waals surface area contributed by atoms with Gasteiger partial charge in [-0.2, -0.15) is 0 Å². The number of aromatic nitrogens is 2. The standard InChI is InChI=1S/C18H22BrN3O5S2/c1-6-26-16(24)11-9(3)13(18(4,25)27-7-2)29-15(11)22-14(23)12-10(19)8-20-17(21-12)28-5/h8,25H,6-7H2,1-5H3,(H,22,23). The molecule has 0 fully saturated rings. The number of aliphatic hydroxyl groups is 1. The van der Waals surface area contributed by atoms with Gasteiger partial charge in [-0.3, -0.25) is 4.79 Å². The van der Waals surface area contributed by atoms with Crippen molar-refractivity contribution >= 4 is 55.9 Å². The molecule has 8 nitrogen and oxygen atoms in total.